The van der Waals surface area contributed by atoms with E-state index in [2.05, 4.69) is 27.7 Å². The fraction of sp³-hybridized carbons (Fsp3) is 1.00. The zero-order valence-electron chi connectivity index (χ0n) is 8.52. The van der Waals surface area contributed by atoms with Crippen LogP contribution in [-0.2, 0) is 0 Å². The van der Waals surface area contributed by atoms with Crippen molar-refractivity contribution in [3.8, 4) is 0 Å². The molecule has 0 N–H and O–H groups in total. The summed E-state index contributed by atoms with van der Waals surface area (Å²) in [7, 11) is 0. The quantitative estimate of drug-likeness (QED) is 0.507. The number of hydrogen-bond donors (Lipinski definition) is 0. The third-order valence-electron chi connectivity index (χ3n) is 5.15. The minimum atomic E-state index is 0.446. The van der Waals surface area contributed by atoms with E-state index in [1.165, 1.54) is 12.8 Å². The molecule has 2 aliphatic carbocycles. The summed E-state index contributed by atoms with van der Waals surface area (Å²) in [5, 5.41) is 0.446. The van der Waals surface area contributed by atoms with Crippen LogP contribution in [0.3, 0.4) is 0 Å². The molecule has 2 fully saturated rings. The molecule has 4 unspecified atom stereocenters. The predicted molar refractivity (Wildman–Crippen MR) is 53.4 cm³/mol. The maximum Gasteiger partial charge on any atom is 0.0375 e. The summed E-state index contributed by atoms with van der Waals surface area (Å²) in [5.41, 5.74) is 0.975. The topological polar surface area (TPSA) is 0 Å². The highest BCUT2D eigenvalue weighted by atomic mass is 35.5. The van der Waals surface area contributed by atoms with E-state index in [0.717, 1.165) is 11.8 Å². The van der Waals surface area contributed by atoms with E-state index in [4.69, 9.17) is 11.6 Å². The van der Waals surface area contributed by atoms with E-state index in [-0.39, 0.29) is 0 Å². The van der Waals surface area contributed by atoms with Gasteiger partial charge < -0.3 is 0 Å². The van der Waals surface area contributed by atoms with Gasteiger partial charge in [-0.3, -0.25) is 0 Å². The lowest BCUT2D eigenvalue weighted by Crippen LogP contribution is -2.30. The number of hydrogen-bond acceptors (Lipinski definition) is 0. The minimum Gasteiger partial charge on any atom is -0.123 e. The van der Waals surface area contributed by atoms with Crippen molar-refractivity contribution in [2.45, 2.75) is 45.9 Å². The zero-order valence-corrected chi connectivity index (χ0v) is 9.28. The van der Waals surface area contributed by atoms with Crippen molar-refractivity contribution >= 4 is 11.6 Å². The molecule has 0 amide bonds. The summed E-state index contributed by atoms with van der Waals surface area (Å²) < 4.78 is 0. The van der Waals surface area contributed by atoms with Crippen LogP contribution < -0.4 is 0 Å². The Morgan fingerprint density at radius 3 is 2.08 bits per heavy atom. The largest absolute Gasteiger partial charge is 0.123 e. The molecular weight excluding hydrogens is 168 g/mol. The van der Waals surface area contributed by atoms with Crippen LogP contribution in [0.25, 0.3) is 0 Å². The molecule has 0 aromatic carbocycles. The average molecular weight is 187 g/mol. The number of rotatable bonds is 0. The van der Waals surface area contributed by atoms with Gasteiger partial charge in [-0.25, -0.2) is 0 Å². The third kappa shape index (κ3) is 0.755. The van der Waals surface area contributed by atoms with E-state index in [0.29, 0.717) is 16.2 Å². The molecule has 0 aliphatic heterocycles. The van der Waals surface area contributed by atoms with Crippen molar-refractivity contribution in [1.29, 1.82) is 0 Å². The average Bonchev–Trinajstić information content (AvgIpc) is 2.18. The molecule has 0 aromatic heterocycles. The monoisotopic (exact) mass is 186 g/mol. The molecule has 2 aliphatic rings. The molecule has 2 bridgehead atoms. The number of halogens is 1. The van der Waals surface area contributed by atoms with Crippen molar-refractivity contribution in [3.05, 3.63) is 0 Å². The SMILES string of the molecule is CC1CC2C(Cl)CC1(C)C2(C)C. The van der Waals surface area contributed by atoms with Gasteiger partial charge in [-0.1, -0.05) is 27.7 Å². The highest BCUT2D eigenvalue weighted by Crippen LogP contribution is 2.68. The first kappa shape index (κ1) is 8.87. The lowest BCUT2D eigenvalue weighted by atomic mass is 9.67. The first-order valence-electron chi connectivity index (χ1n) is 5.03. The minimum absolute atomic E-state index is 0.446. The highest BCUT2D eigenvalue weighted by Gasteiger charge is 2.63. The molecule has 12 heavy (non-hydrogen) atoms. The maximum absolute atomic E-state index is 6.35. The van der Waals surface area contributed by atoms with Crippen LogP contribution in [0.2, 0.25) is 0 Å². The Morgan fingerprint density at radius 2 is 1.83 bits per heavy atom. The Bertz CT molecular complexity index is 209. The van der Waals surface area contributed by atoms with Crippen molar-refractivity contribution < 1.29 is 0 Å². The molecule has 2 rings (SSSR count). The van der Waals surface area contributed by atoms with Crippen LogP contribution in [0.5, 0.6) is 0 Å². The third-order valence-corrected chi connectivity index (χ3v) is 5.61. The van der Waals surface area contributed by atoms with E-state index in [1.807, 2.05) is 0 Å². The van der Waals surface area contributed by atoms with Gasteiger partial charge in [0, 0.05) is 5.38 Å². The standard InChI is InChI=1S/C11H19Cl/c1-7-5-8-9(12)6-11(7,4)10(8,2)3/h7-9H,5-6H2,1-4H3. The molecule has 1 heteroatoms. The fourth-order valence-corrected chi connectivity index (χ4v) is 4.34. The summed E-state index contributed by atoms with van der Waals surface area (Å²) in [6.07, 6.45) is 2.57. The molecule has 2 saturated carbocycles. The van der Waals surface area contributed by atoms with E-state index in [1.54, 1.807) is 0 Å². The van der Waals surface area contributed by atoms with Crippen LogP contribution in [-0.4, -0.2) is 5.38 Å². The van der Waals surface area contributed by atoms with E-state index >= 15 is 0 Å². The van der Waals surface area contributed by atoms with Crippen molar-refractivity contribution in [2.24, 2.45) is 22.7 Å². The van der Waals surface area contributed by atoms with E-state index in [9.17, 15) is 0 Å². The summed E-state index contributed by atoms with van der Waals surface area (Å²) >= 11 is 6.35. The van der Waals surface area contributed by atoms with Gasteiger partial charge >= 0.3 is 0 Å². The Balaban J connectivity index is 2.41. The lowest BCUT2D eigenvalue weighted by Gasteiger charge is -2.37. The Morgan fingerprint density at radius 1 is 1.25 bits per heavy atom. The molecule has 0 aromatic rings. The van der Waals surface area contributed by atoms with Gasteiger partial charge in [0.15, 0.2) is 0 Å². The second-order valence-corrected chi connectivity index (χ2v) is 6.16. The number of alkyl halides is 1. The van der Waals surface area contributed by atoms with Crippen molar-refractivity contribution in [2.75, 3.05) is 0 Å². The maximum atomic E-state index is 6.35. The normalized spacial score (nSPS) is 56.2. The van der Waals surface area contributed by atoms with Gasteiger partial charge in [0.05, 0.1) is 0 Å². The lowest BCUT2D eigenvalue weighted by molar-refractivity contribution is 0.112. The van der Waals surface area contributed by atoms with Gasteiger partial charge in [0.1, 0.15) is 0 Å². The van der Waals surface area contributed by atoms with Crippen LogP contribution in [0.4, 0.5) is 0 Å². The molecule has 70 valence electrons. The van der Waals surface area contributed by atoms with Crippen LogP contribution >= 0.6 is 11.6 Å². The van der Waals surface area contributed by atoms with Crippen LogP contribution in [0.15, 0.2) is 0 Å². The second-order valence-electron chi connectivity index (χ2n) is 5.60. The molecule has 0 saturated heterocycles. The molecule has 0 spiro atoms. The smallest absolute Gasteiger partial charge is 0.0375 e. The van der Waals surface area contributed by atoms with Crippen LogP contribution in [0, 0.1) is 22.7 Å². The summed E-state index contributed by atoms with van der Waals surface area (Å²) in [6, 6.07) is 0. The molecule has 0 radical (unpaired) electrons. The summed E-state index contributed by atoms with van der Waals surface area (Å²) in [4.78, 5) is 0. The van der Waals surface area contributed by atoms with Gasteiger partial charge in [-0.2, -0.15) is 0 Å². The molecule has 0 heterocycles. The first-order valence-corrected chi connectivity index (χ1v) is 5.47. The van der Waals surface area contributed by atoms with Gasteiger partial charge in [0.2, 0.25) is 0 Å². The molecule has 0 nitrogen and oxygen atoms in total. The van der Waals surface area contributed by atoms with E-state index < -0.39 is 0 Å². The zero-order chi connectivity index (χ0) is 9.15. The molecular formula is C11H19Cl. The second kappa shape index (κ2) is 2.20. The Labute approximate surface area is 80.7 Å². The highest BCUT2D eigenvalue weighted by molar-refractivity contribution is 6.21. The van der Waals surface area contributed by atoms with Crippen LogP contribution in [0.1, 0.15) is 40.5 Å². The van der Waals surface area contributed by atoms with Gasteiger partial charge in [-0.15, -0.1) is 11.6 Å². The predicted octanol–water partition coefficient (Wildman–Crippen LogP) is 3.69. The molecule has 4 atom stereocenters. The summed E-state index contributed by atoms with van der Waals surface area (Å²) in [5.74, 6) is 1.63. The van der Waals surface area contributed by atoms with Gasteiger partial charge in [0.25, 0.3) is 0 Å². The number of fused-ring (bicyclic) bond motifs is 2. The fourth-order valence-electron chi connectivity index (χ4n) is 3.61. The Kier molecular flexibility index (Phi) is 1.63. The van der Waals surface area contributed by atoms with Crippen molar-refractivity contribution in [1.82, 2.24) is 0 Å². The van der Waals surface area contributed by atoms with Crippen molar-refractivity contribution in [3.63, 3.8) is 0 Å². The first-order chi connectivity index (χ1) is 5.39. The summed E-state index contributed by atoms with van der Waals surface area (Å²) in [6.45, 7) is 9.64. The Hall–Kier alpha value is 0.290. The van der Waals surface area contributed by atoms with Gasteiger partial charge in [-0.05, 0) is 35.5 Å².